The van der Waals surface area contributed by atoms with Crippen molar-refractivity contribution in [3.63, 3.8) is 0 Å². The number of halogens is 2. The van der Waals surface area contributed by atoms with Crippen LogP contribution in [0.15, 0.2) is 18.2 Å². The highest BCUT2D eigenvalue weighted by Gasteiger charge is 2.32. The molecule has 0 bridgehead atoms. The van der Waals surface area contributed by atoms with Gasteiger partial charge in [0, 0.05) is 32.2 Å². The number of carbonyl (C=O) groups is 2. The molecule has 1 aromatic carbocycles. The molecule has 5 nitrogen and oxygen atoms in total. The zero-order valence-electron chi connectivity index (χ0n) is 11.9. The van der Waals surface area contributed by atoms with Crippen molar-refractivity contribution in [1.29, 1.82) is 0 Å². The van der Waals surface area contributed by atoms with Crippen LogP contribution in [0.1, 0.15) is 11.6 Å². The Bertz CT molecular complexity index is 565. The van der Waals surface area contributed by atoms with Crippen molar-refractivity contribution in [2.45, 2.75) is 6.04 Å². The molecule has 2 rings (SSSR count). The maximum Gasteiger partial charge on any atom is 0.312 e. The minimum atomic E-state index is -0.940. The number of piperazine rings is 1. The lowest BCUT2D eigenvalue weighted by Crippen LogP contribution is -2.54. The van der Waals surface area contributed by atoms with E-state index in [1.54, 1.807) is 14.1 Å². The first-order chi connectivity index (χ1) is 9.95. The summed E-state index contributed by atoms with van der Waals surface area (Å²) < 4.78 is 27.1. The predicted octanol–water partition coefficient (Wildman–Crippen LogP) is 0.526. The molecule has 1 aliphatic heterocycles. The molecule has 1 atom stereocenters. The fourth-order valence-corrected chi connectivity index (χ4v) is 2.30. The summed E-state index contributed by atoms with van der Waals surface area (Å²) in [6.45, 7) is 0.901. The molecule has 2 amide bonds. The second kappa shape index (κ2) is 6.17. The Kier molecular flexibility index (Phi) is 4.52. The molecule has 114 valence electrons. The first-order valence-electron chi connectivity index (χ1n) is 6.61. The average Bonchev–Trinajstić information content (AvgIpc) is 2.48. The number of hydrogen-bond acceptors (Lipinski definition) is 3. The van der Waals surface area contributed by atoms with Crippen LogP contribution in [0, 0.1) is 11.6 Å². The Morgan fingerprint density at radius 2 is 1.95 bits per heavy atom. The van der Waals surface area contributed by atoms with E-state index in [0.717, 1.165) is 6.07 Å². The van der Waals surface area contributed by atoms with Crippen molar-refractivity contribution in [3.05, 3.63) is 35.4 Å². The zero-order chi connectivity index (χ0) is 15.6. The highest BCUT2D eigenvalue weighted by molar-refractivity contribution is 6.35. The number of nitrogens with one attached hydrogen (secondary N) is 1. The Labute approximate surface area is 121 Å². The molecule has 0 saturated carbocycles. The minimum Gasteiger partial charge on any atom is -0.336 e. The van der Waals surface area contributed by atoms with Gasteiger partial charge in [0.05, 0.1) is 6.04 Å². The molecule has 0 spiro atoms. The van der Waals surface area contributed by atoms with Gasteiger partial charge in [-0.05, 0) is 13.1 Å². The van der Waals surface area contributed by atoms with E-state index < -0.39 is 29.5 Å². The molecule has 0 radical (unpaired) electrons. The van der Waals surface area contributed by atoms with E-state index in [9.17, 15) is 18.4 Å². The molecule has 1 heterocycles. The van der Waals surface area contributed by atoms with E-state index >= 15 is 0 Å². The highest BCUT2D eigenvalue weighted by atomic mass is 19.2. The fraction of sp³-hybridized carbons (Fsp3) is 0.429. The van der Waals surface area contributed by atoms with Crippen molar-refractivity contribution in [1.82, 2.24) is 15.1 Å². The van der Waals surface area contributed by atoms with E-state index in [2.05, 4.69) is 5.32 Å². The third-order valence-electron chi connectivity index (χ3n) is 3.63. The van der Waals surface area contributed by atoms with Crippen molar-refractivity contribution in [2.75, 3.05) is 33.7 Å². The molecule has 7 heteroatoms. The van der Waals surface area contributed by atoms with Crippen molar-refractivity contribution < 1.29 is 18.4 Å². The highest BCUT2D eigenvalue weighted by Crippen LogP contribution is 2.21. The van der Waals surface area contributed by atoms with Gasteiger partial charge in [-0.25, -0.2) is 8.78 Å². The van der Waals surface area contributed by atoms with Crippen LogP contribution in [-0.4, -0.2) is 55.3 Å². The molecule has 1 N–H and O–H groups in total. The van der Waals surface area contributed by atoms with Crippen LogP contribution in [0.4, 0.5) is 8.78 Å². The average molecular weight is 297 g/mol. The fourth-order valence-electron chi connectivity index (χ4n) is 2.30. The topological polar surface area (TPSA) is 52.6 Å². The van der Waals surface area contributed by atoms with Gasteiger partial charge >= 0.3 is 11.8 Å². The van der Waals surface area contributed by atoms with Crippen LogP contribution in [0.5, 0.6) is 0 Å². The first kappa shape index (κ1) is 15.4. The van der Waals surface area contributed by atoms with Crippen molar-refractivity contribution in [2.24, 2.45) is 0 Å². The van der Waals surface area contributed by atoms with Gasteiger partial charge in [-0.15, -0.1) is 0 Å². The van der Waals surface area contributed by atoms with Crippen molar-refractivity contribution >= 4 is 11.8 Å². The third kappa shape index (κ3) is 3.02. The molecular weight excluding hydrogens is 280 g/mol. The SMILES string of the molecule is CNC(CN1CCN(C)C(=O)C1=O)c1cccc(F)c1F. The Morgan fingerprint density at radius 1 is 1.24 bits per heavy atom. The molecule has 1 aliphatic rings. The summed E-state index contributed by atoms with van der Waals surface area (Å²) in [7, 11) is 3.15. The molecule has 0 aromatic heterocycles. The Balaban J connectivity index is 2.18. The molecule has 1 saturated heterocycles. The number of hydrogen-bond donors (Lipinski definition) is 1. The van der Waals surface area contributed by atoms with E-state index in [-0.39, 0.29) is 12.1 Å². The summed E-state index contributed by atoms with van der Waals surface area (Å²) in [6, 6.07) is 3.33. The van der Waals surface area contributed by atoms with Crippen LogP contribution in [0.2, 0.25) is 0 Å². The predicted molar refractivity (Wildman–Crippen MR) is 72.4 cm³/mol. The van der Waals surface area contributed by atoms with Gasteiger partial charge in [0.2, 0.25) is 0 Å². The van der Waals surface area contributed by atoms with Crippen LogP contribution < -0.4 is 5.32 Å². The number of rotatable bonds is 4. The van der Waals surface area contributed by atoms with Crippen LogP contribution in [-0.2, 0) is 9.59 Å². The number of nitrogens with zero attached hydrogens (tertiary/aromatic N) is 2. The number of carbonyl (C=O) groups excluding carboxylic acids is 2. The van der Waals surface area contributed by atoms with Gasteiger partial charge in [-0.2, -0.15) is 0 Å². The van der Waals surface area contributed by atoms with E-state index in [1.807, 2.05) is 0 Å². The summed E-state index contributed by atoms with van der Waals surface area (Å²) in [6.07, 6.45) is 0. The molecule has 1 unspecified atom stereocenters. The molecule has 0 aliphatic carbocycles. The third-order valence-corrected chi connectivity index (χ3v) is 3.63. The normalized spacial score (nSPS) is 17.3. The van der Waals surface area contributed by atoms with Gasteiger partial charge < -0.3 is 15.1 Å². The zero-order valence-corrected chi connectivity index (χ0v) is 11.9. The molecule has 1 fully saturated rings. The van der Waals surface area contributed by atoms with Gasteiger partial charge in [0.15, 0.2) is 11.6 Å². The standard InChI is InChI=1S/C14H17F2N3O2/c1-17-11(9-4-3-5-10(15)12(9)16)8-19-7-6-18(2)13(20)14(19)21/h3-5,11,17H,6-8H2,1-2H3. The summed E-state index contributed by atoms with van der Waals surface area (Å²) in [5.41, 5.74) is 0.136. The number of likely N-dealkylation sites (N-methyl/N-ethyl adjacent to an activating group) is 2. The smallest absolute Gasteiger partial charge is 0.312 e. The van der Waals surface area contributed by atoms with Gasteiger partial charge in [0.1, 0.15) is 0 Å². The molecule has 21 heavy (non-hydrogen) atoms. The lowest BCUT2D eigenvalue weighted by Gasteiger charge is -2.34. The minimum absolute atomic E-state index is 0.106. The maximum atomic E-state index is 13.8. The second-order valence-electron chi connectivity index (χ2n) is 4.96. The van der Waals surface area contributed by atoms with Crippen LogP contribution in [0.3, 0.4) is 0 Å². The monoisotopic (exact) mass is 297 g/mol. The molecule has 1 aromatic rings. The number of benzene rings is 1. The summed E-state index contributed by atoms with van der Waals surface area (Å²) in [5.74, 6) is -3.09. The van der Waals surface area contributed by atoms with E-state index in [4.69, 9.17) is 0 Å². The summed E-state index contributed by atoms with van der Waals surface area (Å²) >= 11 is 0. The van der Waals surface area contributed by atoms with Crippen LogP contribution >= 0.6 is 0 Å². The Hall–Kier alpha value is -2.02. The van der Waals surface area contributed by atoms with Gasteiger partial charge in [-0.1, -0.05) is 12.1 Å². The van der Waals surface area contributed by atoms with Gasteiger partial charge in [0.25, 0.3) is 0 Å². The Morgan fingerprint density at radius 3 is 2.62 bits per heavy atom. The molecular formula is C14H17F2N3O2. The van der Waals surface area contributed by atoms with E-state index in [1.165, 1.54) is 21.9 Å². The second-order valence-corrected chi connectivity index (χ2v) is 4.96. The van der Waals surface area contributed by atoms with Gasteiger partial charge in [-0.3, -0.25) is 9.59 Å². The summed E-state index contributed by atoms with van der Waals surface area (Å²) in [4.78, 5) is 26.3. The van der Waals surface area contributed by atoms with Crippen molar-refractivity contribution in [3.8, 4) is 0 Å². The largest absolute Gasteiger partial charge is 0.336 e. The first-order valence-corrected chi connectivity index (χ1v) is 6.61. The number of amides is 2. The van der Waals surface area contributed by atoms with E-state index in [0.29, 0.717) is 13.1 Å². The lowest BCUT2D eigenvalue weighted by atomic mass is 10.0. The summed E-state index contributed by atoms with van der Waals surface area (Å²) in [5, 5.41) is 2.85. The quantitative estimate of drug-likeness (QED) is 0.825. The van der Waals surface area contributed by atoms with Crippen LogP contribution in [0.25, 0.3) is 0 Å². The lowest BCUT2D eigenvalue weighted by molar-refractivity contribution is -0.155. The maximum absolute atomic E-state index is 13.8.